The lowest BCUT2D eigenvalue weighted by Gasteiger charge is -2.14. The molecule has 1 amide bonds. The largest absolute Gasteiger partial charge is 0.455 e. The van der Waals surface area contributed by atoms with Crippen LogP contribution in [-0.2, 0) is 27.2 Å². The molecule has 0 fully saturated rings. The van der Waals surface area contributed by atoms with Crippen LogP contribution < -0.4 is 5.32 Å². The summed E-state index contributed by atoms with van der Waals surface area (Å²) in [6.07, 6.45) is 1.92. The van der Waals surface area contributed by atoms with Crippen molar-refractivity contribution in [3.05, 3.63) is 70.8 Å². The molecule has 0 saturated heterocycles. The summed E-state index contributed by atoms with van der Waals surface area (Å²) < 4.78 is 5.09. The highest BCUT2D eigenvalue weighted by Crippen LogP contribution is 2.11. The highest BCUT2D eigenvalue weighted by molar-refractivity contribution is 5.81. The van der Waals surface area contributed by atoms with Crippen molar-refractivity contribution in [1.82, 2.24) is 5.32 Å². The van der Waals surface area contributed by atoms with Crippen molar-refractivity contribution >= 4 is 11.9 Å². The van der Waals surface area contributed by atoms with Crippen LogP contribution in [-0.4, -0.2) is 24.5 Å². The fourth-order valence-corrected chi connectivity index (χ4v) is 2.69. The maximum Gasteiger partial charge on any atom is 0.310 e. The van der Waals surface area contributed by atoms with E-state index >= 15 is 0 Å². The Balaban J connectivity index is 1.68. The molecule has 0 radical (unpaired) electrons. The molecule has 26 heavy (non-hydrogen) atoms. The molecule has 0 saturated carbocycles. The van der Waals surface area contributed by atoms with E-state index in [1.54, 1.807) is 0 Å². The molecule has 0 aliphatic heterocycles. The summed E-state index contributed by atoms with van der Waals surface area (Å²) in [5, 5.41) is 2.87. The second-order valence-corrected chi connectivity index (χ2v) is 6.75. The third-order valence-electron chi connectivity index (χ3n) is 4.40. The van der Waals surface area contributed by atoms with Crippen molar-refractivity contribution in [2.75, 3.05) is 6.61 Å². The number of nitrogens with one attached hydrogen (secondary N) is 1. The molecule has 1 atom stereocenters. The van der Waals surface area contributed by atoms with Gasteiger partial charge in [0.05, 0.1) is 6.42 Å². The first-order valence-electron chi connectivity index (χ1n) is 8.99. The number of carbonyl (C=O) groups is 2. The van der Waals surface area contributed by atoms with Gasteiger partial charge in [0.15, 0.2) is 6.61 Å². The number of hydrogen-bond donors (Lipinski definition) is 1. The molecule has 0 unspecified atom stereocenters. The zero-order chi connectivity index (χ0) is 18.9. The lowest BCUT2D eigenvalue weighted by Crippen LogP contribution is -2.36. The number of ether oxygens (including phenoxy) is 1. The summed E-state index contributed by atoms with van der Waals surface area (Å²) >= 11 is 0. The molecule has 2 rings (SSSR count). The monoisotopic (exact) mass is 353 g/mol. The quantitative estimate of drug-likeness (QED) is 0.739. The van der Waals surface area contributed by atoms with Crippen LogP contribution in [0.5, 0.6) is 0 Å². The van der Waals surface area contributed by atoms with E-state index in [1.165, 1.54) is 11.1 Å². The SMILES string of the molecule is Cc1ccc(CC(=O)OCC(=O)N[C@H](C)CCc2ccccc2)cc1C. The molecule has 4 nitrogen and oxygen atoms in total. The van der Waals surface area contributed by atoms with E-state index in [0.717, 1.165) is 24.0 Å². The summed E-state index contributed by atoms with van der Waals surface area (Å²) in [6.45, 7) is 5.76. The molecule has 0 aliphatic rings. The molecule has 0 aliphatic carbocycles. The molecule has 2 aromatic rings. The molecule has 138 valence electrons. The second kappa shape index (κ2) is 9.76. The number of carbonyl (C=O) groups excluding carboxylic acids is 2. The van der Waals surface area contributed by atoms with E-state index in [-0.39, 0.29) is 30.9 Å². The first-order chi connectivity index (χ1) is 12.4. The van der Waals surface area contributed by atoms with E-state index in [9.17, 15) is 9.59 Å². The molecule has 4 heteroatoms. The summed E-state index contributed by atoms with van der Waals surface area (Å²) in [5.74, 6) is -0.653. The van der Waals surface area contributed by atoms with Crippen molar-refractivity contribution in [2.45, 2.75) is 46.1 Å². The van der Waals surface area contributed by atoms with Gasteiger partial charge in [0.25, 0.3) is 5.91 Å². The minimum absolute atomic E-state index is 0.0288. The van der Waals surface area contributed by atoms with Gasteiger partial charge >= 0.3 is 5.97 Å². The van der Waals surface area contributed by atoms with Gasteiger partial charge in [0, 0.05) is 6.04 Å². The first kappa shape index (κ1) is 19.7. The van der Waals surface area contributed by atoms with Crippen LogP contribution in [0.3, 0.4) is 0 Å². The van der Waals surface area contributed by atoms with Gasteiger partial charge < -0.3 is 10.1 Å². The summed E-state index contributed by atoms with van der Waals surface area (Å²) in [6, 6.07) is 16.0. The van der Waals surface area contributed by atoms with Crippen molar-refractivity contribution in [2.24, 2.45) is 0 Å². The van der Waals surface area contributed by atoms with Crippen molar-refractivity contribution < 1.29 is 14.3 Å². The molecular formula is C22H27NO3. The summed E-state index contributed by atoms with van der Waals surface area (Å²) in [7, 11) is 0. The molecule has 0 heterocycles. The van der Waals surface area contributed by atoms with Crippen LogP contribution in [0.1, 0.15) is 35.6 Å². The van der Waals surface area contributed by atoms with E-state index in [2.05, 4.69) is 17.4 Å². The first-order valence-corrected chi connectivity index (χ1v) is 8.99. The Bertz CT molecular complexity index is 740. The predicted molar refractivity (Wildman–Crippen MR) is 103 cm³/mol. The van der Waals surface area contributed by atoms with Gasteiger partial charge in [-0.1, -0.05) is 48.5 Å². The highest BCUT2D eigenvalue weighted by Gasteiger charge is 2.11. The number of benzene rings is 2. The smallest absolute Gasteiger partial charge is 0.310 e. The van der Waals surface area contributed by atoms with Gasteiger partial charge in [-0.2, -0.15) is 0 Å². The van der Waals surface area contributed by atoms with Crippen LogP contribution in [0.2, 0.25) is 0 Å². The normalized spacial score (nSPS) is 11.7. The number of aryl methyl sites for hydroxylation is 3. The Hall–Kier alpha value is -2.62. The van der Waals surface area contributed by atoms with Gasteiger partial charge in [-0.3, -0.25) is 9.59 Å². The van der Waals surface area contributed by atoms with E-state index in [4.69, 9.17) is 4.74 Å². The molecule has 0 spiro atoms. The Morgan fingerprint density at radius 2 is 1.73 bits per heavy atom. The van der Waals surface area contributed by atoms with Gasteiger partial charge in [0.2, 0.25) is 0 Å². The van der Waals surface area contributed by atoms with Crippen LogP contribution in [0.15, 0.2) is 48.5 Å². The fourth-order valence-electron chi connectivity index (χ4n) is 2.69. The van der Waals surface area contributed by atoms with E-state index in [0.29, 0.717) is 0 Å². The minimum Gasteiger partial charge on any atom is -0.455 e. The molecular weight excluding hydrogens is 326 g/mol. The van der Waals surface area contributed by atoms with Gasteiger partial charge in [-0.15, -0.1) is 0 Å². The van der Waals surface area contributed by atoms with Crippen molar-refractivity contribution in [1.29, 1.82) is 0 Å². The van der Waals surface area contributed by atoms with Crippen LogP contribution in [0.25, 0.3) is 0 Å². The van der Waals surface area contributed by atoms with Crippen LogP contribution >= 0.6 is 0 Å². The Morgan fingerprint density at radius 3 is 2.42 bits per heavy atom. The Morgan fingerprint density at radius 1 is 1.00 bits per heavy atom. The number of esters is 1. The Labute approximate surface area is 155 Å². The zero-order valence-corrected chi connectivity index (χ0v) is 15.7. The second-order valence-electron chi connectivity index (χ2n) is 6.75. The molecule has 1 N–H and O–H groups in total. The highest BCUT2D eigenvalue weighted by atomic mass is 16.5. The number of rotatable bonds is 8. The average Bonchev–Trinajstić information content (AvgIpc) is 2.62. The molecule has 2 aromatic carbocycles. The topological polar surface area (TPSA) is 55.4 Å². The Kier molecular flexibility index (Phi) is 7.39. The third kappa shape index (κ3) is 6.71. The fraction of sp³-hybridized carbons (Fsp3) is 0.364. The average molecular weight is 353 g/mol. The standard InChI is InChI=1S/C22H27NO3/c1-16-9-11-20(13-17(16)2)14-22(25)26-15-21(24)23-18(3)10-12-19-7-5-4-6-8-19/h4-9,11,13,18H,10,12,14-15H2,1-3H3,(H,23,24)/t18-/m1/s1. The predicted octanol–water partition coefficient (Wildman–Crippen LogP) is 3.53. The summed E-state index contributed by atoms with van der Waals surface area (Å²) in [4.78, 5) is 23.8. The number of amides is 1. The van der Waals surface area contributed by atoms with Crippen molar-refractivity contribution in [3.8, 4) is 0 Å². The molecule has 0 aromatic heterocycles. The van der Waals surface area contributed by atoms with Crippen LogP contribution in [0.4, 0.5) is 0 Å². The van der Waals surface area contributed by atoms with Gasteiger partial charge in [-0.25, -0.2) is 0 Å². The van der Waals surface area contributed by atoms with Crippen molar-refractivity contribution in [3.63, 3.8) is 0 Å². The zero-order valence-electron chi connectivity index (χ0n) is 15.7. The van der Waals surface area contributed by atoms with E-state index in [1.807, 2.05) is 57.2 Å². The van der Waals surface area contributed by atoms with E-state index < -0.39 is 0 Å². The third-order valence-corrected chi connectivity index (χ3v) is 4.40. The van der Waals surface area contributed by atoms with Gasteiger partial charge in [-0.05, 0) is 55.9 Å². The lowest BCUT2D eigenvalue weighted by atomic mass is 10.0. The maximum absolute atomic E-state index is 11.9. The lowest BCUT2D eigenvalue weighted by molar-refractivity contribution is -0.148. The number of hydrogen-bond acceptors (Lipinski definition) is 3. The molecule has 0 bridgehead atoms. The summed E-state index contributed by atoms with van der Waals surface area (Å²) in [5.41, 5.74) is 4.47. The maximum atomic E-state index is 11.9. The van der Waals surface area contributed by atoms with Crippen LogP contribution in [0, 0.1) is 13.8 Å². The van der Waals surface area contributed by atoms with Gasteiger partial charge in [0.1, 0.15) is 0 Å². The minimum atomic E-state index is -0.389.